The van der Waals surface area contributed by atoms with E-state index in [-0.39, 0.29) is 16.9 Å². The van der Waals surface area contributed by atoms with Crippen molar-refractivity contribution in [3.63, 3.8) is 0 Å². The van der Waals surface area contributed by atoms with E-state index >= 15 is 0 Å². The van der Waals surface area contributed by atoms with Crippen LogP contribution in [0.25, 0.3) is 0 Å². The Morgan fingerprint density at radius 2 is 2.16 bits per heavy atom. The van der Waals surface area contributed by atoms with Crippen molar-refractivity contribution < 1.29 is 13.6 Å². The molecule has 1 heterocycles. The van der Waals surface area contributed by atoms with Crippen molar-refractivity contribution in [3.8, 4) is 6.07 Å². The van der Waals surface area contributed by atoms with E-state index in [2.05, 4.69) is 10.4 Å². The van der Waals surface area contributed by atoms with E-state index in [4.69, 9.17) is 5.26 Å². The first-order chi connectivity index (χ1) is 9.02. The minimum absolute atomic E-state index is 0.0519. The molecule has 2 rings (SSSR count). The van der Waals surface area contributed by atoms with Gasteiger partial charge in [0, 0.05) is 12.6 Å². The zero-order chi connectivity index (χ0) is 14.0. The highest BCUT2D eigenvalue weighted by Crippen LogP contribution is 2.15. The smallest absolute Gasteiger partial charge is 0.256 e. The predicted octanol–water partition coefficient (Wildman–Crippen LogP) is 1.82. The van der Waals surface area contributed by atoms with Crippen LogP contribution in [0.5, 0.6) is 0 Å². The van der Waals surface area contributed by atoms with Crippen LogP contribution in [-0.4, -0.2) is 15.7 Å². The third-order valence-corrected chi connectivity index (χ3v) is 2.47. The van der Waals surface area contributed by atoms with Crippen molar-refractivity contribution in [1.82, 2.24) is 9.78 Å². The standard InChI is InChI=1S/C12H8F2N4O/c1-18-11(8(5-15)6-16-18)17-12(19)7-2-3-9(13)10(14)4-7/h2-4,6H,1H3,(H,17,19). The van der Waals surface area contributed by atoms with Crippen molar-refractivity contribution >= 4 is 11.7 Å². The lowest BCUT2D eigenvalue weighted by molar-refractivity contribution is 0.102. The second-order valence-corrected chi connectivity index (χ2v) is 3.73. The topological polar surface area (TPSA) is 70.7 Å². The van der Waals surface area contributed by atoms with Crippen molar-refractivity contribution in [2.24, 2.45) is 7.05 Å². The molecule has 19 heavy (non-hydrogen) atoms. The number of nitriles is 1. The number of benzene rings is 1. The Morgan fingerprint density at radius 3 is 2.79 bits per heavy atom. The summed E-state index contributed by atoms with van der Waals surface area (Å²) in [5.74, 6) is -2.61. The van der Waals surface area contributed by atoms with E-state index in [0.717, 1.165) is 18.2 Å². The molecule has 0 aliphatic rings. The second kappa shape index (κ2) is 4.86. The van der Waals surface area contributed by atoms with E-state index in [1.54, 1.807) is 7.05 Å². The molecule has 0 radical (unpaired) electrons. The Kier molecular flexibility index (Phi) is 3.25. The molecular formula is C12H8F2N4O. The molecule has 0 aliphatic heterocycles. The Labute approximate surface area is 107 Å². The second-order valence-electron chi connectivity index (χ2n) is 3.73. The first kappa shape index (κ1) is 12.7. The number of aromatic nitrogens is 2. The molecule has 0 saturated heterocycles. The van der Waals surface area contributed by atoms with Crippen molar-refractivity contribution in [1.29, 1.82) is 5.26 Å². The molecule has 1 N–H and O–H groups in total. The minimum Gasteiger partial charge on any atom is -0.306 e. The van der Waals surface area contributed by atoms with Gasteiger partial charge in [-0.3, -0.25) is 9.48 Å². The number of aryl methyl sites for hydroxylation is 1. The summed E-state index contributed by atoms with van der Waals surface area (Å²) in [6.07, 6.45) is 1.29. The summed E-state index contributed by atoms with van der Waals surface area (Å²) in [5, 5.41) is 15.1. The van der Waals surface area contributed by atoms with E-state index in [0.29, 0.717) is 0 Å². The maximum atomic E-state index is 13.0. The Hall–Kier alpha value is -2.75. The van der Waals surface area contributed by atoms with Crippen LogP contribution in [-0.2, 0) is 7.05 Å². The molecule has 1 aromatic carbocycles. The number of nitrogens with zero attached hydrogens (tertiary/aromatic N) is 3. The summed E-state index contributed by atoms with van der Waals surface area (Å²) in [6, 6.07) is 4.66. The van der Waals surface area contributed by atoms with E-state index in [1.165, 1.54) is 10.9 Å². The summed E-state index contributed by atoms with van der Waals surface area (Å²) in [6.45, 7) is 0. The molecule has 0 fully saturated rings. The van der Waals surface area contributed by atoms with Gasteiger partial charge in [-0.05, 0) is 18.2 Å². The average molecular weight is 262 g/mol. The van der Waals surface area contributed by atoms with Crippen LogP contribution in [0.4, 0.5) is 14.6 Å². The molecule has 0 unspecified atom stereocenters. The number of rotatable bonds is 2. The van der Waals surface area contributed by atoms with Crippen LogP contribution in [0.3, 0.4) is 0 Å². The maximum absolute atomic E-state index is 13.0. The summed E-state index contributed by atoms with van der Waals surface area (Å²) in [4.78, 5) is 11.8. The van der Waals surface area contributed by atoms with Crippen molar-refractivity contribution in [2.45, 2.75) is 0 Å². The van der Waals surface area contributed by atoms with E-state index in [1.807, 2.05) is 6.07 Å². The normalized spacial score (nSPS) is 10.0. The van der Waals surface area contributed by atoms with Gasteiger partial charge in [-0.2, -0.15) is 10.4 Å². The monoisotopic (exact) mass is 262 g/mol. The number of amides is 1. The SMILES string of the molecule is Cn1ncc(C#N)c1NC(=O)c1ccc(F)c(F)c1. The van der Waals surface area contributed by atoms with Gasteiger partial charge in [0.15, 0.2) is 11.6 Å². The Morgan fingerprint density at radius 1 is 1.42 bits per heavy atom. The van der Waals surface area contributed by atoms with Gasteiger partial charge in [0.2, 0.25) is 0 Å². The van der Waals surface area contributed by atoms with Crippen LogP contribution in [0.2, 0.25) is 0 Å². The number of anilines is 1. The van der Waals surface area contributed by atoms with Crippen LogP contribution < -0.4 is 5.32 Å². The molecule has 0 atom stereocenters. The summed E-state index contributed by atoms with van der Waals surface area (Å²) >= 11 is 0. The zero-order valence-corrected chi connectivity index (χ0v) is 9.82. The molecule has 0 saturated carbocycles. The zero-order valence-electron chi connectivity index (χ0n) is 9.82. The van der Waals surface area contributed by atoms with Gasteiger partial charge < -0.3 is 5.32 Å². The fourth-order valence-corrected chi connectivity index (χ4v) is 1.48. The number of carbonyl (C=O) groups excluding carboxylic acids is 1. The van der Waals surface area contributed by atoms with Crippen LogP contribution in [0.15, 0.2) is 24.4 Å². The molecule has 0 spiro atoms. The number of carbonyl (C=O) groups is 1. The molecule has 1 aromatic heterocycles. The largest absolute Gasteiger partial charge is 0.306 e. The number of halogens is 2. The van der Waals surface area contributed by atoms with E-state index < -0.39 is 17.5 Å². The lowest BCUT2D eigenvalue weighted by atomic mass is 10.2. The number of nitrogens with one attached hydrogen (secondary N) is 1. The fourth-order valence-electron chi connectivity index (χ4n) is 1.48. The highest BCUT2D eigenvalue weighted by atomic mass is 19.2. The number of hydrogen-bond donors (Lipinski definition) is 1. The fraction of sp³-hybridized carbons (Fsp3) is 0.0833. The van der Waals surface area contributed by atoms with Gasteiger partial charge in [0.05, 0.1) is 6.20 Å². The van der Waals surface area contributed by atoms with Gasteiger partial charge >= 0.3 is 0 Å². The minimum atomic E-state index is -1.11. The molecule has 96 valence electrons. The van der Waals surface area contributed by atoms with Crippen molar-refractivity contribution in [2.75, 3.05) is 5.32 Å². The highest BCUT2D eigenvalue weighted by Gasteiger charge is 2.14. The molecular weight excluding hydrogens is 254 g/mol. The molecule has 7 heteroatoms. The van der Waals surface area contributed by atoms with Crippen LogP contribution in [0.1, 0.15) is 15.9 Å². The van der Waals surface area contributed by atoms with Gasteiger partial charge in [0.1, 0.15) is 17.5 Å². The summed E-state index contributed by atoms with van der Waals surface area (Å²) < 4.78 is 27.1. The lowest BCUT2D eigenvalue weighted by Gasteiger charge is -2.06. The lowest BCUT2D eigenvalue weighted by Crippen LogP contribution is -2.15. The molecule has 1 amide bonds. The number of hydrogen-bond acceptors (Lipinski definition) is 3. The van der Waals surface area contributed by atoms with Crippen molar-refractivity contribution in [3.05, 3.63) is 47.2 Å². The molecule has 0 aliphatic carbocycles. The third-order valence-electron chi connectivity index (χ3n) is 2.47. The Bertz CT molecular complexity index is 688. The predicted molar refractivity (Wildman–Crippen MR) is 62.2 cm³/mol. The van der Waals surface area contributed by atoms with Gasteiger partial charge in [-0.15, -0.1) is 0 Å². The van der Waals surface area contributed by atoms with Gasteiger partial charge in [0.25, 0.3) is 5.91 Å². The first-order valence-corrected chi connectivity index (χ1v) is 5.21. The maximum Gasteiger partial charge on any atom is 0.256 e. The first-order valence-electron chi connectivity index (χ1n) is 5.21. The highest BCUT2D eigenvalue weighted by molar-refractivity contribution is 6.04. The quantitative estimate of drug-likeness (QED) is 0.897. The Balaban J connectivity index is 2.28. The molecule has 2 aromatic rings. The van der Waals surface area contributed by atoms with Crippen LogP contribution >= 0.6 is 0 Å². The van der Waals surface area contributed by atoms with Gasteiger partial charge in [-0.1, -0.05) is 0 Å². The van der Waals surface area contributed by atoms with Gasteiger partial charge in [-0.25, -0.2) is 8.78 Å². The molecule has 0 bridgehead atoms. The summed E-state index contributed by atoms with van der Waals surface area (Å²) in [5.41, 5.74) is 0.127. The third kappa shape index (κ3) is 2.42. The molecule has 5 nitrogen and oxygen atoms in total. The van der Waals surface area contributed by atoms with Crippen LogP contribution in [0, 0.1) is 23.0 Å². The summed E-state index contributed by atoms with van der Waals surface area (Å²) in [7, 11) is 1.54. The average Bonchev–Trinajstić information content (AvgIpc) is 2.74. The van der Waals surface area contributed by atoms with E-state index in [9.17, 15) is 13.6 Å².